The van der Waals surface area contributed by atoms with E-state index in [9.17, 15) is 9.59 Å². The molecule has 2 aromatic carbocycles. The van der Waals surface area contributed by atoms with Crippen molar-refractivity contribution >= 4 is 29.3 Å². The van der Waals surface area contributed by atoms with Crippen LogP contribution in [0.1, 0.15) is 27.3 Å². The fourth-order valence-electron chi connectivity index (χ4n) is 3.04. The first kappa shape index (κ1) is 22.3. The third kappa shape index (κ3) is 5.82. The van der Waals surface area contributed by atoms with Crippen molar-refractivity contribution in [3.8, 4) is 0 Å². The molecule has 0 unspecified atom stereocenters. The first-order valence-electron chi connectivity index (χ1n) is 9.84. The van der Waals surface area contributed by atoms with Gasteiger partial charge >= 0.3 is 0 Å². The lowest BCUT2D eigenvalue weighted by molar-refractivity contribution is -0.113. The number of hydrogen-bond acceptors (Lipinski definition) is 5. The van der Waals surface area contributed by atoms with Crippen molar-refractivity contribution in [3.05, 3.63) is 83.7 Å². The maximum atomic E-state index is 12.5. The molecule has 3 rings (SSSR count). The highest BCUT2D eigenvalue weighted by molar-refractivity contribution is 7.99. The molecule has 2 N–H and O–H groups in total. The third-order valence-electron chi connectivity index (χ3n) is 4.63. The van der Waals surface area contributed by atoms with E-state index in [4.69, 9.17) is 0 Å². The van der Waals surface area contributed by atoms with Crippen molar-refractivity contribution in [1.82, 2.24) is 20.1 Å². The Balaban J connectivity index is 1.62. The minimum absolute atomic E-state index is 0.116. The third-order valence-corrected chi connectivity index (χ3v) is 5.59. The highest BCUT2D eigenvalue weighted by Gasteiger charge is 2.15. The zero-order valence-corrected chi connectivity index (χ0v) is 18.4. The number of aromatic nitrogens is 3. The van der Waals surface area contributed by atoms with E-state index in [1.165, 1.54) is 11.8 Å². The number of benzene rings is 2. The van der Waals surface area contributed by atoms with Gasteiger partial charge in [-0.15, -0.1) is 16.8 Å². The number of rotatable bonds is 9. The van der Waals surface area contributed by atoms with Crippen molar-refractivity contribution in [1.29, 1.82) is 0 Å². The van der Waals surface area contributed by atoms with E-state index in [1.807, 2.05) is 54.8 Å². The second kappa shape index (κ2) is 10.6. The Kier molecular flexibility index (Phi) is 7.61. The average molecular weight is 436 g/mol. The molecule has 8 heteroatoms. The summed E-state index contributed by atoms with van der Waals surface area (Å²) in [5.41, 5.74) is 3.45. The molecule has 1 aromatic heterocycles. The van der Waals surface area contributed by atoms with E-state index in [1.54, 1.807) is 18.2 Å². The SMILES string of the molecule is C=CCn1c(CNC(=O)c2ccccc2)nnc1SCC(=O)Nc1c(C)cccc1C. The number of nitrogens with one attached hydrogen (secondary N) is 2. The summed E-state index contributed by atoms with van der Waals surface area (Å²) < 4.78 is 1.84. The number of allylic oxidation sites excluding steroid dienone is 1. The number of nitrogens with zero attached hydrogens (tertiary/aromatic N) is 3. The van der Waals surface area contributed by atoms with Crippen LogP contribution in [-0.4, -0.2) is 32.3 Å². The van der Waals surface area contributed by atoms with Crippen LogP contribution >= 0.6 is 11.8 Å². The number of para-hydroxylation sites is 1. The van der Waals surface area contributed by atoms with Gasteiger partial charge in [-0.2, -0.15) is 0 Å². The van der Waals surface area contributed by atoms with E-state index in [-0.39, 0.29) is 24.1 Å². The minimum atomic E-state index is -0.184. The molecule has 0 spiro atoms. The molecule has 0 fully saturated rings. The molecule has 0 atom stereocenters. The van der Waals surface area contributed by atoms with Crippen LogP contribution in [0.5, 0.6) is 0 Å². The van der Waals surface area contributed by atoms with Gasteiger partial charge in [0.05, 0.1) is 12.3 Å². The molecule has 0 saturated carbocycles. The molecule has 0 aliphatic heterocycles. The Bertz CT molecular complexity index is 1060. The quantitative estimate of drug-likeness (QED) is 0.395. The highest BCUT2D eigenvalue weighted by atomic mass is 32.2. The largest absolute Gasteiger partial charge is 0.345 e. The van der Waals surface area contributed by atoms with Crippen molar-refractivity contribution in [2.45, 2.75) is 32.1 Å². The lowest BCUT2D eigenvalue weighted by Gasteiger charge is -2.11. The Morgan fingerprint density at radius 1 is 1.06 bits per heavy atom. The molecule has 2 amide bonds. The summed E-state index contributed by atoms with van der Waals surface area (Å²) in [6, 6.07) is 14.9. The van der Waals surface area contributed by atoms with E-state index in [0.717, 1.165) is 16.8 Å². The maximum Gasteiger partial charge on any atom is 0.251 e. The van der Waals surface area contributed by atoms with Gasteiger partial charge in [-0.3, -0.25) is 9.59 Å². The fraction of sp³-hybridized carbons (Fsp3) is 0.217. The molecule has 1 heterocycles. The van der Waals surface area contributed by atoms with Crippen LogP contribution in [0.3, 0.4) is 0 Å². The van der Waals surface area contributed by atoms with E-state index in [2.05, 4.69) is 27.4 Å². The highest BCUT2D eigenvalue weighted by Crippen LogP contribution is 2.21. The topological polar surface area (TPSA) is 88.9 Å². The fourth-order valence-corrected chi connectivity index (χ4v) is 3.80. The van der Waals surface area contributed by atoms with E-state index >= 15 is 0 Å². The summed E-state index contributed by atoms with van der Waals surface area (Å²) in [4.78, 5) is 24.8. The van der Waals surface area contributed by atoms with Crippen molar-refractivity contribution in [3.63, 3.8) is 0 Å². The Morgan fingerprint density at radius 2 is 1.77 bits per heavy atom. The number of carbonyl (C=O) groups is 2. The summed E-state index contributed by atoms with van der Waals surface area (Å²) in [6.07, 6.45) is 1.73. The zero-order valence-electron chi connectivity index (χ0n) is 17.6. The smallest absolute Gasteiger partial charge is 0.251 e. The first-order valence-corrected chi connectivity index (χ1v) is 10.8. The average Bonchev–Trinajstić information content (AvgIpc) is 3.15. The molecule has 0 aliphatic carbocycles. The lowest BCUT2D eigenvalue weighted by Crippen LogP contribution is -2.24. The van der Waals surface area contributed by atoms with Gasteiger partial charge in [0.25, 0.3) is 5.91 Å². The molecular weight excluding hydrogens is 410 g/mol. The van der Waals surface area contributed by atoms with Crippen LogP contribution in [0.15, 0.2) is 66.3 Å². The monoisotopic (exact) mass is 435 g/mol. The van der Waals surface area contributed by atoms with Crippen LogP contribution < -0.4 is 10.6 Å². The number of hydrogen-bond donors (Lipinski definition) is 2. The maximum absolute atomic E-state index is 12.5. The number of thioether (sulfide) groups is 1. The Morgan fingerprint density at radius 3 is 2.45 bits per heavy atom. The zero-order chi connectivity index (χ0) is 22.2. The lowest BCUT2D eigenvalue weighted by atomic mass is 10.1. The van der Waals surface area contributed by atoms with Crippen LogP contribution in [0.2, 0.25) is 0 Å². The molecule has 0 bridgehead atoms. The number of amides is 2. The molecule has 0 saturated heterocycles. The summed E-state index contributed by atoms with van der Waals surface area (Å²) >= 11 is 1.29. The predicted octanol–water partition coefficient (Wildman–Crippen LogP) is 3.74. The van der Waals surface area contributed by atoms with Gasteiger partial charge in [0.2, 0.25) is 5.91 Å². The Labute approximate surface area is 186 Å². The second-order valence-corrected chi connectivity index (χ2v) is 7.89. The van der Waals surface area contributed by atoms with Gasteiger partial charge in [0.15, 0.2) is 11.0 Å². The summed E-state index contributed by atoms with van der Waals surface area (Å²) in [6.45, 7) is 8.41. The second-order valence-electron chi connectivity index (χ2n) is 6.95. The molecule has 160 valence electrons. The van der Waals surface area contributed by atoms with Crippen molar-refractivity contribution in [2.75, 3.05) is 11.1 Å². The molecule has 3 aromatic rings. The van der Waals surface area contributed by atoms with Crippen LogP contribution in [-0.2, 0) is 17.9 Å². The van der Waals surface area contributed by atoms with Crippen LogP contribution in [0, 0.1) is 13.8 Å². The molecule has 0 radical (unpaired) electrons. The van der Waals surface area contributed by atoms with E-state index in [0.29, 0.717) is 23.1 Å². The van der Waals surface area contributed by atoms with Gasteiger partial charge in [0, 0.05) is 17.8 Å². The standard InChI is InChI=1S/C23H25N5O2S/c1-4-13-28-19(14-24-22(30)18-11-6-5-7-12-18)26-27-23(28)31-15-20(29)25-21-16(2)9-8-10-17(21)3/h4-12H,1,13-15H2,2-3H3,(H,24,30)(H,25,29). The normalized spacial score (nSPS) is 10.5. The minimum Gasteiger partial charge on any atom is -0.345 e. The van der Waals surface area contributed by atoms with Crippen LogP contribution in [0.25, 0.3) is 0 Å². The number of carbonyl (C=O) groups excluding carboxylic acids is 2. The van der Waals surface area contributed by atoms with Gasteiger partial charge in [-0.1, -0.05) is 54.2 Å². The van der Waals surface area contributed by atoms with Crippen molar-refractivity contribution < 1.29 is 9.59 Å². The summed E-state index contributed by atoms with van der Waals surface area (Å²) in [5, 5.41) is 14.8. The summed E-state index contributed by atoms with van der Waals surface area (Å²) in [5.74, 6) is 0.492. The molecular formula is C23H25N5O2S. The van der Waals surface area contributed by atoms with Gasteiger partial charge in [-0.05, 0) is 37.1 Å². The predicted molar refractivity (Wildman–Crippen MR) is 123 cm³/mol. The first-order chi connectivity index (χ1) is 15.0. The number of anilines is 1. The molecule has 31 heavy (non-hydrogen) atoms. The van der Waals surface area contributed by atoms with Gasteiger partial charge in [-0.25, -0.2) is 0 Å². The number of aryl methyl sites for hydroxylation is 2. The van der Waals surface area contributed by atoms with Crippen LogP contribution in [0.4, 0.5) is 5.69 Å². The molecule has 7 nitrogen and oxygen atoms in total. The molecule has 0 aliphatic rings. The summed E-state index contributed by atoms with van der Waals surface area (Å²) in [7, 11) is 0. The Hall–Kier alpha value is -3.39. The van der Waals surface area contributed by atoms with E-state index < -0.39 is 0 Å². The van der Waals surface area contributed by atoms with Crippen molar-refractivity contribution in [2.24, 2.45) is 0 Å². The van der Waals surface area contributed by atoms with Gasteiger partial charge < -0.3 is 15.2 Å². The van der Waals surface area contributed by atoms with Gasteiger partial charge in [0.1, 0.15) is 0 Å².